The first-order valence-electron chi connectivity index (χ1n) is 2.84. The molecular formula is C6H15BS. The van der Waals surface area contributed by atoms with Crippen molar-refractivity contribution in [2.24, 2.45) is 0 Å². The second kappa shape index (κ2) is 10.4. The van der Waals surface area contributed by atoms with Crippen LogP contribution in [0.4, 0.5) is 0 Å². The van der Waals surface area contributed by atoms with Crippen LogP contribution in [-0.4, -0.2) is 20.4 Å². The molecule has 2 radical (unpaired) electrons. The standard InChI is InChI=1S/C4H9B.C2H6S/c1-3-4(2)5;1-3-2/h4H,3H2,1-2H3;1-2H3. The van der Waals surface area contributed by atoms with Gasteiger partial charge in [0.1, 0.15) is 0 Å². The number of hydrogen-bond acceptors (Lipinski definition) is 1. The van der Waals surface area contributed by atoms with E-state index in [9.17, 15) is 0 Å². The van der Waals surface area contributed by atoms with Crippen molar-refractivity contribution >= 4 is 19.6 Å². The number of rotatable bonds is 1. The maximum Gasteiger partial charge on any atom is 0.0695 e. The van der Waals surface area contributed by atoms with Crippen molar-refractivity contribution in [1.82, 2.24) is 0 Å². The highest BCUT2D eigenvalue weighted by atomic mass is 32.2. The quantitative estimate of drug-likeness (QED) is 0.491. The van der Waals surface area contributed by atoms with Crippen LogP contribution in [0.5, 0.6) is 0 Å². The summed E-state index contributed by atoms with van der Waals surface area (Å²) < 4.78 is 0. The van der Waals surface area contributed by atoms with Crippen LogP contribution in [0.3, 0.4) is 0 Å². The van der Waals surface area contributed by atoms with Gasteiger partial charge in [-0.2, -0.15) is 11.8 Å². The Morgan fingerprint density at radius 1 is 1.50 bits per heavy atom. The fraction of sp³-hybridized carbons (Fsp3) is 1.00. The molecule has 0 aromatic rings. The first-order valence-corrected chi connectivity index (χ1v) is 4.48. The minimum absolute atomic E-state index is 0.384. The van der Waals surface area contributed by atoms with Crippen molar-refractivity contribution in [3.63, 3.8) is 0 Å². The molecule has 0 rings (SSSR count). The number of thioether (sulfide) groups is 1. The van der Waals surface area contributed by atoms with Crippen molar-refractivity contribution in [1.29, 1.82) is 0 Å². The molecular weight excluding hydrogens is 115 g/mol. The molecule has 0 aromatic carbocycles. The zero-order valence-corrected chi connectivity index (χ0v) is 7.09. The normalized spacial score (nSPS) is 11.5. The van der Waals surface area contributed by atoms with Crippen LogP contribution in [0.1, 0.15) is 20.3 Å². The second-order valence-corrected chi connectivity index (χ2v) is 2.61. The molecule has 0 bridgehead atoms. The van der Waals surface area contributed by atoms with Crippen LogP contribution in [0.2, 0.25) is 5.82 Å². The zero-order chi connectivity index (χ0) is 6.99. The Balaban J connectivity index is 0. The van der Waals surface area contributed by atoms with E-state index in [0.29, 0.717) is 5.82 Å². The Hall–Kier alpha value is 0.415. The molecule has 0 fully saturated rings. The second-order valence-electron chi connectivity index (χ2n) is 1.79. The van der Waals surface area contributed by atoms with E-state index in [1.54, 1.807) is 11.8 Å². The van der Waals surface area contributed by atoms with Gasteiger partial charge in [0, 0.05) is 0 Å². The Morgan fingerprint density at radius 2 is 1.62 bits per heavy atom. The van der Waals surface area contributed by atoms with Gasteiger partial charge in [0.15, 0.2) is 0 Å². The maximum atomic E-state index is 5.29. The first-order chi connectivity index (χ1) is 3.68. The van der Waals surface area contributed by atoms with Gasteiger partial charge in [-0.25, -0.2) is 0 Å². The topological polar surface area (TPSA) is 0 Å². The molecule has 0 aromatic heterocycles. The molecule has 48 valence electrons. The predicted octanol–water partition coefficient (Wildman–Crippen LogP) is 2.35. The van der Waals surface area contributed by atoms with Crippen LogP contribution < -0.4 is 0 Å². The lowest BCUT2D eigenvalue weighted by Gasteiger charge is -1.90. The molecule has 0 heterocycles. The van der Waals surface area contributed by atoms with Gasteiger partial charge in [0.2, 0.25) is 0 Å². The molecule has 0 aliphatic heterocycles. The van der Waals surface area contributed by atoms with Crippen LogP contribution in [0, 0.1) is 0 Å². The van der Waals surface area contributed by atoms with E-state index in [0.717, 1.165) is 6.42 Å². The van der Waals surface area contributed by atoms with Gasteiger partial charge in [-0.3, -0.25) is 0 Å². The molecule has 0 saturated carbocycles. The molecule has 1 atom stereocenters. The molecule has 1 unspecified atom stereocenters. The molecule has 0 aliphatic rings. The minimum atomic E-state index is 0.384. The fourth-order valence-electron chi connectivity index (χ4n) is 0. The fourth-order valence-corrected chi connectivity index (χ4v) is 0. The Morgan fingerprint density at radius 3 is 1.62 bits per heavy atom. The Bertz CT molecular complexity index is 29.7. The molecule has 0 saturated heterocycles. The third kappa shape index (κ3) is 32.3. The van der Waals surface area contributed by atoms with E-state index in [1.165, 1.54) is 0 Å². The lowest BCUT2D eigenvalue weighted by molar-refractivity contribution is 0.880. The molecule has 0 spiro atoms. The van der Waals surface area contributed by atoms with Gasteiger partial charge in [-0.05, 0) is 12.5 Å². The first kappa shape index (κ1) is 11.2. The summed E-state index contributed by atoms with van der Waals surface area (Å²) in [6.45, 7) is 4.07. The van der Waals surface area contributed by atoms with E-state index >= 15 is 0 Å². The molecule has 0 amide bonds. The zero-order valence-electron chi connectivity index (χ0n) is 6.27. The van der Waals surface area contributed by atoms with E-state index < -0.39 is 0 Å². The highest BCUT2D eigenvalue weighted by molar-refractivity contribution is 7.97. The summed E-state index contributed by atoms with van der Waals surface area (Å²) in [5.74, 6) is 0.384. The van der Waals surface area contributed by atoms with Gasteiger partial charge in [-0.1, -0.05) is 26.1 Å². The van der Waals surface area contributed by atoms with Crippen LogP contribution >= 0.6 is 11.8 Å². The van der Waals surface area contributed by atoms with E-state index in [4.69, 9.17) is 7.85 Å². The molecule has 8 heavy (non-hydrogen) atoms. The van der Waals surface area contributed by atoms with Crippen LogP contribution in [0.15, 0.2) is 0 Å². The third-order valence-corrected chi connectivity index (χ3v) is 0.644. The highest BCUT2D eigenvalue weighted by Crippen LogP contribution is 1.97. The van der Waals surface area contributed by atoms with Gasteiger partial charge in [0.25, 0.3) is 0 Å². The van der Waals surface area contributed by atoms with Crippen LogP contribution in [0.25, 0.3) is 0 Å². The van der Waals surface area contributed by atoms with Crippen molar-refractivity contribution in [2.45, 2.75) is 26.1 Å². The van der Waals surface area contributed by atoms with Gasteiger partial charge in [0.05, 0.1) is 7.85 Å². The average Bonchev–Trinajstić information content (AvgIpc) is 1.69. The SMILES string of the molecule is CSC.[B]C(C)CC. The van der Waals surface area contributed by atoms with Crippen molar-refractivity contribution < 1.29 is 0 Å². The number of hydrogen-bond donors (Lipinski definition) is 0. The smallest absolute Gasteiger partial charge is 0.0695 e. The summed E-state index contributed by atoms with van der Waals surface area (Å²) in [6.07, 6.45) is 5.17. The lowest BCUT2D eigenvalue weighted by atomic mass is 9.88. The molecule has 0 N–H and O–H groups in total. The molecule has 2 heteroatoms. The Labute approximate surface area is 58.8 Å². The summed E-state index contributed by atoms with van der Waals surface area (Å²) in [5, 5.41) is 0. The molecule has 0 nitrogen and oxygen atoms in total. The minimum Gasteiger partial charge on any atom is -0.169 e. The van der Waals surface area contributed by atoms with Gasteiger partial charge >= 0.3 is 0 Å². The Kier molecular flexibility index (Phi) is 14.6. The summed E-state index contributed by atoms with van der Waals surface area (Å²) in [4.78, 5) is 0. The van der Waals surface area contributed by atoms with E-state index in [1.807, 2.05) is 19.4 Å². The molecule has 0 aliphatic carbocycles. The van der Waals surface area contributed by atoms with Crippen molar-refractivity contribution in [2.75, 3.05) is 12.5 Å². The average molecular weight is 130 g/mol. The summed E-state index contributed by atoms with van der Waals surface area (Å²) in [7, 11) is 5.29. The monoisotopic (exact) mass is 130 g/mol. The third-order valence-electron chi connectivity index (χ3n) is 0.644. The summed E-state index contributed by atoms with van der Waals surface area (Å²) in [6, 6.07) is 0. The summed E-state index contributed by atoms with van der Waals surface area (Å²) in [5.41, 5.74) is 0. The van der Waals surface area contributed by atoms with Crippen molar-refractivity contribution in [3.8, 4) is 0 Å². The van der Waals surface area contributed by atoms with Gasteiger partial charge in [-0.15, -0.1) is 0 Å². The largest absolute Gasteiger partial charge is 0.169 e. The van der Waals surface area contributed by atoms with Crippen LogP contribution in [-0.2, 0) is 0 Å². The predicted molar refractivity (Wildman–Crippen MR) is 44.9 cm³/mol. The van der Waals surface area contributed by atoms with E-state index in [2.05, 4.69) is 6.92 Å². The van der Waals surface area contributed by atoms with Gasteiger partial charge < -0.3 is 0 Å². The lowest BCUT2D eigenvalue weighted by Crippen LogP contribution is -1.76. The van der Waals surface area contributed by atoms with Crippen molar-refractivity contribution in [3.05, 3.63) is 0 Å². The van der Waals surface area contributed by atoms with E-state index in [-0.39, 0.29) is 0 Å². The highest BCUT2D eigenvalue weighted by Gasteiger charge is 1.80. The summed E-state index contributed by atoms with van der Waals surface area (Å²) >= 11 is 1.75. The maximum absolute atomic E-state index is 5.29.